The van der Waals surface area contributed by atoms with Gasteiger partial charge in [0.15, 0.2) is 0 Å². The number of halogens is 1. The number of amides is 1. The van der Waals surface area contributed by atoms with Crippen molar-refractivity contribution in [3.8, 4) is 0 Å². The Morgan fingerprint density at radius 1 is 1.13 bits per heavy atom. The maximum absolute atomic E-state index is 13.0. The summed E-state index contributed by atoms with van der Waals surface area (Å²) in [4.78, 5) is 23.1. The van der Waals surface area contributed by atoms with Gasteiger partial charge in [0.05, 0.1) is 9.82 Å². The second-order valence-electron chi connectivity index (χ2n) is 4.32. The highest BCUT2D eigenvalue weighted by atomic mass is 32.2. The molecule has 0 radical (unpaired) electrons. The lowest BCUT2D eigenvalue weighted by molar-refractivity contribution is -0.384. The van der Waals surface area contributed by atoms with Crippen LogP contribution in [0.5, 0.6) is 0 Å². The van der Waals surface area contributed by atoms with E-state index in [2.05, 4.69) is 0 Å². The number of sulfonamides is 1. The smallest absolute Gasteiger partial charge is 0.269 e. The summed E-state index contributed by atoms with van der Waals surface area (Å²) in [6.45, 7) is 0. The SMILES string of the molecule is O=C(NNS(=O)(=O)c1cccc(F)c1)c1ccc([N+](=O)[O-])cc1. The van der Waals surface area contributed by atoms with Gasteiger partial charge < -0.3 is 0 Å². The molecule has 0 unspecified atom stereocenters. The van der Waals surface area contributed by atoms with E-state index in [4.69, 9.17) is 0 Å². The van der Waals surface area contributed by atoms with Crippen LogP contribution in [0.15, 0.2) is 53.4 Å². The number of benzene rings is 2. The Hall–Kier alpha value is -2.85. The number of nitro benzene ring substituents is 1. The van der Waals surface area contributed by atoms with Gasteiger partial charge in [-0.05, 0) is 30.3 Å². The van der Waals surface area contributed by atoms with E-state index in [9.17, 15) is 27.7 Å². The maximum Gasteiger partial charge on any atom is 0.269 e. The van der Waals surface area contributed by atoms with Gasteiger partial charge >= 0.3 is 0 Å². The summed E-state index contributed by atoms with van der Waals surface area (Å²) in [7, 11) is -4.14. The fraction of sp³-hybridized carbons (Fsp3) is 0. The molecule has 0 heterocycles. The van der Waals surface area contributed by atoms with Crippen molar-refractivity contribution >= 4 is 21.6 Å². The van der Waals surface area contributed by atoms with Gasteiger partial charge in [-0.3, -0.25) is 20.3 Å². The van der Waals surface area contributed by atoms with Crippen LogP contribution in [0.3, 0.4) is 0 Å². The van der Waals surface area contributed by atoms with Crippen LogP contribution in [-0.2, 0) is 10.0 Å². The summed E-state index contributed by atoms with van der Waals surface area (Å²) in [5.74, 6) is -1.56. The molecule has 0 saturated carbocycles. The van der Waals surface area contributed by atoms with E-state index in [1.165, 1.54) is 18.2 Å². The first-order valence-electron chi connectivity index (χ1n) is 6.12. The van der Waals surface area contributed by atoms with Crippen LogP contribution in [0.1, 0.15) is 10.4 Å². The van der Waals surface area contributed by atoms with E-state index in [1.54, 1.807) is 0 Å². The Bertz CT molecular complexity index is 852. The quantitative estimate of drug-likeness (QED) is 0.630. The summed E-state index contributed by atoms with van der Waals surface area (Å²) < 4.78 is 36.8. The molecule has 2 aromatic rings. The first kappa shape index (κ1) is 16.5. The molecule has 8 nitrogen and oxygen atoms in total. The van der Waals surface area contributed by atoms with Gasteiger partial charge in [-0.2, -0.15) is 0 Å². The van der Waals surface area contributed by atoms with Crippen LogP contribution >= 0.6 is 0 Å². The van der Waals surface area contributed by atoms with E-state index in [1.807, 2.05) is 10.3 Å². The number of hydrogen-bond donors (Lipinski definition) is 2. The van der Waals surface area contributed by atoms with Crippen molar-refractivity contribution in [1.82, 2.24) is 10.3 Å². The predicted octanol–water partition coefficient (Wildman–Crippen LogP) is 1.36. The fourth-order valence-electron chi connectivity index (χ4n) is 1.61. The number of non-ortho nitro benzene ring substituents is 1. The maximum atomic E-state index is 13.0. The van der Waals surface area contributed by atoms with Crippen molar-refractivity contribution < 1.29 is 22.5 Å². The number of nitro groups is 1. The molecule has 2 aromatic carbocycles. The summed E-state index contributed by atoms with van der Waals surface area (Å²) in [6, 6.07) is 8.79. The van der Waals surface area contributed by atoms with Crippen LogP contribution in [0.2, 0.25) is 0 Å². The Balaban J connectivity index is 2.07. The molecule has 1 amide bonds. The van der Waals surface area contributed by atoms with Gasteiger partial charge in [-0.1, -0.05) is 6.07 Å². The minimum atomic E-state index is -4.14. The van der Waals surface area contributed by atoms with Gasteiger partial charge in [-0.25, -0.2) is 12.8 Å². The lowest BCUT2D eigenvalue weighted by Crippen LogP contribution is -2.41. The van der Waals surface area contributed by atoms with Crippen LogP contribution in [0, 0.1) is 15.9 Å². The van der Waals surface area contributed by atoms with E-state index in [0.717, 1.165) is 30.3 Å². The highest BCUT2D eigenvalue weighted by Crippen LogP contribution is 2.12. The highest BCUT2D eigenvalue weighted by Gasteiger charge is 2.16. The average Bonchev–Trinajstić information content (AvgIpc) is 2.53. The van der Waals surface area contributed by atoms with Gasteiger partial charge in [0, 0.05) is 17.7 Å². The molecule has 120 valence electrons. The second kappa shape index (κ2) is 6.50. The first-order valence-corrected chi connectivity index (χ1v) is 7.60. The molecule has 23 heavy (non-hydrogen) atoms. The zero-order chi connectivity index (χ0) is 17.0. The van der Waals surface area contributed by atoms with Crippen LogP contribution in [0.4, 0.5) is 10.1 Å². The molecule has 0 spiro atoms. The van der Waals surface area contributed by atoms with Gasteiger partial charge in [0.2, 0.25) is 0 Å². The molecule has 10 heteroatoms. The second-order valence-corrected chi connectivity index (χ2v) is 6.00. The Morgan fingerprint density at radius 3 is 2.35 bits per heavy atom. The normalized spacial score (nSPS) is 11.0. The molecule has 0 atom stereocenters. The third-order valence-corrected chi connectivity index (χ3v) is 3.99. The molecular formula is C13H10FN3O5S. The molecular weight excluding hydrogens is 329 g/mol. The van der Waals surface area contributed by atoms with Crippen molar-refractivity contribution in [2.24, 2.45) is 0 Å². The van der Waals surface area contributed by atoms with Crippen molar-refractivity contribution in [1.29, 1.82) is 0 Å². The van der Waals surface area contributed by atoms with Crippen molar-refractivity contribution in [3.63, 3.8) is 0 Å². The van der Waals surface area contributed by atoms with Crippen LogP contribution < -0.4 is 10.3 Å². The minimum absolute atomic E-state index is 0.0116. The number of rotatable bonds is 5. The minimum Gasteiger partial charge on any atom is -0.273 e. The van der Waals surface area contributed by atoms with Gasteiger partial charge in [-0.15, -0.1) is 4.83 Å². The summed E-state index contributed by atoms with van der Waals surface area (Å²) in [5.41, 5.74) is 1.74. The lowest BCUT2D eigenvalue weighted by atomic mass is 10.2. The molecule has 0 aromatic heterocycles. The topological polar surface area (TPSA) is 118 Å². The summed E-state index contributed by atoms with van der Waals surface area (Å²) in [5, 5.41) is 10.5. The molecule has 0 aliphatic heterocycles. The molecule has 0 saturated heterocycles. The molecule has 2 rings (SSSR count). The van der Waals surface area contributed by atoms with Gasteiger partial charge in [0.25, 0.3) is 21.6 Å². The van der Waals surface area contributed by atoms with Gasteiger partial charge in [0.1, 0.15) is 5.82 Å². The number of carbonyl (C=O) groups is 1. The number of carbonyl (C=O) groups excluding carboxylic acids is 1. The van der Waals surface area contributed by atoms with Crippen LogP contribution in [-0.4, -0.2) is 19.2 Å². The summed E-state index contributed by atoms with van der Waals surface area (Å²) >= 11 is 0. The Morgan fingerprint density at radius 2 is 1.78 bits per heavy atom. The summed E-state index contributed by atoms with van der Waals surface area (Å²) in [6.07, 6.45) is 0. The first-order chi connectivity index (χ1) is 10.8. The molecule has 0 bridgehead atoms. The molecule has 0 fully saturated rings. The highest BCUT2D eigenvalue weighted by molar-refractivity contribution is 7.89. The molecule has 2 N–H and O–H groups in total. The largest absolute Gasteiger partial charge is 0.273 e. The lowest BCUT2D eigenvalue weighted by Gasteiger charge is -2.08. The zero-order valence-corrected chi connectivity index (χ0v) is 12.2. The van der Waals surface area contributed by atoms with E-state index < -0.39 is 26.7 Å². The van der Waals surface area contributed by atoms with Crippen molar-refractivity contribution in [2.75, 3.05) is 0 Å². The van der Waals surface area contributed by atoms with Crippen LogP contribution in [0.25, 0.3) is 0 Å². The van der Waals surface area contributed by atoms with Crippen molar-refractivity contribution in [3.05, 3.63) is 70.0 Å². The standard InChI is InChI=1S/C13H10FN3O5S/c14-10-2-1-3-12(8-10)23(21,22)16-15-13(18)9-4-6-11(7-5-9)17(19)20/h1-8,16H,(H,15,18). The molecule has 0 aliphatic carbocycles. The fourth-order valence-corrected chi connectivity index (χ4v) is 2.48. The van der Waals surface area contributed by atoms with E-state index in [-0.39, 0.29) is 16.1 Å². The Kier molecular flexibility index (Phi) is 4.67. The van der Waals surface area contributed by atoms with E-state index in [0.29, 0.717) is 0 Å². The third-order valence-electron chi connectivity index (χ3n) is 2.75. The third kappa shape index (κ3) is 4.08. The van der Waals surface area contributed by atoms with E-state index >= 15 is 0 Å². The Labute approximate surface area is 130 Å². The average molecular weight is 339 g/mol. The van der Waals surface area contributed by atoms with Crippen molar-refractivity contribution in [2.45, 2.75) is 4.90 Å². The number of hydrazine groups is 1. The monoisotopic (exact) mass is 339 g/mol. The predicted molar refractivity (Wildman–Crippen MR) is 77.3 cm³/mol. The number of hydrogen-bond acceptors (Lipinski definition) is 5. The zero-order valence-electron chi connectivity index (χ0n) is 11.4. The number of nitrogens with one attached hydrogen (secondary N) is 2. The number of nitrogens with zero attached hydrogens (tertiary/aromatic N) is 1. The molecule has 0 aliphatic rings.